The summed E-state index contributed by atoms with van der Waals surface area (Å²) in [7, 11) is 0. The highest BCUT2D eigenvalue weighted by Gasteiger charge is 2.33. The van der Waals surface area contributed by atoms with Gasteiger partial charge in [-0.3, -0.25) is 4.79 Å². The van der Waals surface area contributed by atoms with Crippen molar-refractivity contribution in [3.63, 3.8) is 0 Å². The van der Waals surface area contributed by atoms with Crippen molar-refractivity contribution in [3.05, 3.63) is 53.3 Å². The van der Waals surface area contributed by atoms with Crippen LogP contribution in [0.1, 0.15) is 34.6 Å². The van der Waals surface area contributed by atoms with Crippen molar-refractivity contribution in [2.45, 2.75) is 33.0 Å². The van der Waals surface area contributed by atoms with Crippen molar-refractivity contribution >= 4 is 5.91 Å². The molecule has 1 atom stereocenters. The summed E-state index contributed by atoms with van der Waals surface area (Å²) in [6.45, 7) is 6.91. The molecular formula is C21H26N2O3. The van der Waals surface area contributed by atoms with Gasteiger partial charge in [-0.15, -0.1) is 0 Å². The summed E-state index contributed by atoms with van der Waals surface area (Å²) < 4.78 is 13.5. The van der Waals surface area contributed by atoms with Crippen LogP contribution in [0.5, 0.6) is 0 Å². The molecule has 0 spiro atoms. The number of aromatic nitrogens is 1. The Morgan fingerprint density at radius 2 is 1.85 bits per heavy atom. The normalized spacial score (nSPS) is 21.3. The average Bonchev–Trinajstić information content (AvgIpc) is 3.30. The van der Waals surface area contributed by atoms with Crippen molar-refractivity contribution in [1.82, 2.24) is 9.47 Å². The molecule has 2 aliphatic heterocycles. The van der Waals surface area contributed by atoms with Gasteiger partial charge in [0.1, 0.15) is 0 Å². The van der Waals surface area contributed by atoms with Crippen molar-refractivity contribution in [2.24, 2.45) is 5.92 Å². The lowest BCUT2D eigenvalue weighted by Gasteiger charge is -2.34. The Morgan fingerprint density at radius 3 is 2.58 bits per heavy atom. The first kappa shape index (κ1) is 17.3. The topological polar surface area (TPSA) is 43.7 Å². The second-order valence-electron chi connectivity index (χ2n) is 7.22. The Bertz CT molecular complexity index is 778. The molecule has 138 valence electrons. The number of amides is 1. The second kappa shape index (κ2) is 7.25. The predicted octanol–water partition coefficient (Wildman–Crippen LogP) is 3.32. The maximum atomic E-state index is 13.2. The second-order valence-corrected chi connectivity index (χ2v) is 7.22. The van der Waals surface area contributed by atoms with Crippen LogP contribution in [-0.2, 0) is 9.47 Å². The largest absolute Gasteiger partial charge is 0.350 e. The smallest absolute Gasteiger partial charge is 0.255 e. The van der Waals surface area contributed by atoms with Crippen LogP contribution in [0.3, 0.4) is 0 Å². The van der Waals surface area contributed by atoms with E-state index in [0.29, 0.717) is 19.8 Å². The molecule has 1 aromatic carbocycles. The zero-order valence-corrected chi connectivity index (χ0v) is 15.5. The SMILES string of the molecule is Cc1cc(C(=O)N2CCCC(C3OCCO3)C2)c(C)n1-c1ccccc1. The van der Waals surface area contributed by atoms with Gasteiger partial charge < -0.3 is 18.9 Å². The number of para-hydroxylation sites is 1. The molecule has 1 aromatic heterocycles. The highest BCUT2D eigenvalue weighted by molar-refractivity contribution is 5.96. The number of carbonyl (C=O) groups is 1. The van der Waals surface area contributed by atoms with Gasteiger partial charge in [-0.2, -0.15) is 0 Å². The molecule has 2 fully saturated rings. The molecule has 2 aliphatic rings. The number of hydrogen-bond donors (Lipinski definition) is 0. The van der Waals surface area contributed by atoms with Crippen LogP contribution in [0.2, 0.25) is 0 Å². The first-order valence-corrected chi connectivity index (χ1v) is 9.42. The number of rotatable bonds is 3. The maximum Gasteiger partial charge on any atom is 0.255 e. The van der Waals surface area contributed by atoms with Crippen molar-refractivity contribution < 1.29 is 14.3 Å². The lowest BCUT2D eigenvalue weighted by molar-refractivity contribution is -0.0969. The number of nitrogens with zero attached hydrogens (tertiary/aromatic N) is 2. The van der Waals surface area contributed by atoms with Crippen LogP contribution in [0.4, 0.5) is 0 Å². The Balaban J connectivity index is 1.56. The lowest BCUT2D eigenvalue weighted by Crippen LogP contribution is -2.44. The summed E-state index contributed by atoms with van der Waals surface area (Å²) in [5.41, 5.74) is 3.95. The van der Waals surface area contributed by atoms with E-state index in [4.69, 9.17) is 9.47 Å². The van der Waals surface area contributed by atoms with Crippen molar-refractivity contribution in [3.8, 4) is 5.69 Å². The molecule has 5 heteroatoms. The molecule has 0 N–H and O–H groups in total. The Kier molecular flexibility index (Phi) is 4.83. The van der Waals surface area contributed by atoms with E-state index >= 15 is 0 Å². The molecular weight excluding hydrogens is 328 g/mol. The summed E-state index contributed by atoms with van der Waals surface area (Å²) >= 11 is 0. The van der Waals surface area contributed by atoms with Gasteiger partial charge in [0, 0.05) is 36.1 Å². The van der Waals surface area contributed by atoms with E-state index in [1.54, 1.807) is 0 Å². The molecule has 0 aliphatic carbocycles. The molecule has 26 heavy (non-hydrogen) atoms. The monoisotopic (exact) mass is 354 g/mol. The van der Waals surface area contributed by atoms with E-state index in [0.717, 1.165) is 42.0 Å². The number of aryl methyl sites for hydroxylation is 1. The summed E-state index contributed by atoms with van der Waals surface area (Å²) in [6.07, 6.45) is 1.90. The van der Waals surface area contributed by atoms with Gasteiger partial charge in [-0.05, 0) is 44.9 Å². The van der Waals surface area contributed by atoms with E-state index in [1.807, 2.05) is 36.1 Å². The summed E-state index contributed by atoms with van der Waals surface area (Å²) in [4.78, 5) is 15.2. The quantitative estimate of drug-likeness (QED) is 0.849. The van der Waals surface area contributed by atoms with E-state index in [9.17, 15) is 4.79 Å². The van der Waals surface area contributed by atoms with Gasteiger partial charge in [0.15, 0.2) is 6.29 Å². The van der Waals surface area contributed by atoms with Crippen LogP contribution >= 0.6 is 0 Å². The molecule has 0 bridgehead atoms. The van der Waals surface area contributed by atoms with Gasteiger partial charge >= 0.3 is 0 Å². The molecule has 1 amide bonds. The molecule has 2 saturated heterocycles. The van der Waals surface area contributed by atoms with E-state index < -0.39 is 0 Å². The van der Waals surface area contributed by atoms with Crippen LogP contribution < -0.4 is 0 Å². The first-order valence-electron chi connectivity index (χ1n) is 9.42. The van der Waals surface area contributed by atoms with Crippen LogP contribution in [0, 0.1) is 19.8 Å². The van der Waals surface area contributed by atoms with Gasteiger partial charge in [-0.25, -0.2) is 0 Å². The van der Waals surface area contributed by atoms with E-state index in [2.05, 4.69) is 23.6 Å². The zero-order chi connectivity index (χ0) is 18.1. The van der Waals surface area contributed by atoms with Crippen molar-refractivity contribution in [1.29, 1.82) is 0 Å². The average molecular weight is 354 g/mol. The molecule has 1 unspecified atom stereocenters. The third-order valence-electron chi connectivity index (χ3n) is 5.45. The number of ether oxygens (including phenoxy) is 2. The zero-order valence-electron chi connectivity index (χ0n) is 15.5. The fourth-order valence-electron chi connectivity index (χ4n) is 4.19. The van der Waals surface area contributed by atoms with Gasteiger partial charge in [0.05, 0.1) is 18.8 Å². The van der Waals surface area contributed by atoms with Gasteiger partial charge in [0.2, 0.25) is 0 Å². The van der Waals surface area contributed by atoms with Crippen LogP contribution in [0.15, 0.2) is 36.4 Å². The minimum atomic E-state index is -0.151. The van der Waals surface area contributed by atoms with Crippen LogP contribution in [0.25, 0.3) is 5.69 Å². The molecule has 5 nitrogen and oxygen atoms in total. The maximum absolute atomic E-state index is 13.2. The predicted molar refractivity (Wildman–Crippen MR) is 99.6 cm³/mol. The minimum Gasteiger partial charge on any atom is -0.350 e. The summed E-state index contributed by atoms with van der Waals surface area (Å²) in [5, 5.41) is 0. The number of carbonyl (C=O) groups excluding carboxylic acids is 1. The van der Waals surface area contributed by atoms with Crippen molar-refractivity contribution in [2.75, 3.05) is 26.3 Å². The Hall–Kier alpha value is -2.11. The number of benzene rings is 1. The van der Waals surface area contributed by atoms with E-state index in [-0.39, 0.29) is 18.1 Å². The van der Waals surface area contributed by atoms with Gasteiger partial charge in [-0.1, -0.05) is 18.2 Å². The molecule has 0 radical (unpaired) electrons. The number of piperidine rings is 1. The number of likely N-dealkylation sites (tertiary alicyclic amines) is 1. The fourth-order valence-corrected chi connectivity index (χ4v) is 4.19. The Morgan fingerprint density at radius 1 is 1.12 bits per heavy atom. The summed E-state index contributed by atoms with van der Waals surface area (Å²) in [5.74, 6) is 0.385. The summed E-state index contributed by atoms with van der Waals surface area (Å²) in [6, 6.07) is 12.2. The first-order chi connectivity index (χ1) is 12.6. The standard InChI is InChI=1S/C21H26N2O3/c1-15-13-19(16(2)23(15)18-8-4-3-5-9-18)20(24)22-10-6-7-17(14-22)21-25-11-12-26-21/h3-5,8-9,13,17,21H,6-7,10-12,14H2,1-2H3. The van der Waals surface area contributed by atoms with Crippen LogP contribution in [-0.4, -0.2) is 48.0 Å². The third-order valence-corrected chi connectivity index (χ3v) is 5.45. The van der Waals surface area contributed by atoms with Gasteiger partial charge in [0.25, 0.3) is 5.91 Å². The van der Waals surface area contributed by atoms with E-state index in [1.165, 1.54) is 0 Å². The molecule has 3 heterocycles. The minimum absolute atomic E-state index is 0.114. The molecule has 2 aromatic rings. The lowest BCUT2D eigenvalue weighted by atomic mass is 9.96. The Labute approximate surface area is 154 Å². The number of hydrogen-bond acceptors (Lipinski definition) is 3. The molecule has 4 rings (SSSR count). The highest BCUT2D eigenvalue weighted by Crippen LogP contribution is 2.28. The highest BCUT2D eigenvalue weighted by atomic mass is 16.7. The third kappa shape index (κ3) is 3.17. The molecule has 0 saturated carbocycles. The fraction of sp³-hybridized carbons (Fsp3) is 0.476.